The van der Waals surface area contributed by atoms with Gasteiger partial charge in [0.15, 0.2) is 0 Å². The van der Waals surface area contributed by atoms with Gasteiger partial charge in [-0.25, -0.2) is 4.37 Å². The molecule has 0 saturated carbocycles. The molecule has 0 unspecified atom stereocenters. The lowest BCUT2D eigenvalue weighted by Crippen LogP contribution is -2.49. The number of β-amino-alcohol motifs (C(OH)–C–C–N with tert-alkyl or cyclic N) is 1. The van der Waals surface area contributed by atoms with Crippen LogP contribution in [0.5, 0.6) is 0 Å². The monoisotopic (exact) mass is 170 g/mol. The Kier molecular flexibility index (Phi) is 1.89. The van der Waals surface area contributed by atoms with Gasteiger partial charge in [0.05, 0.1) is 6.10 Å². The van der Waals surface area contributed by atoms with Crippen molar-refractivity contribution in [2.75, 3.05) is 13.1 Å². The summed E-state index contributed by atoms with van der Waals surface area (Å²) < 4.78 is 4.01. The smallest absolute Gasteiger partial charge is 0.0794 e. The number of rotatable bonds is 2. The molecule has 0 spiro atoms. The van der Waals surface area contributed by atoms with E-state index in [1.54, 1.807) is 0 Å². The Balaban J connectivity index is 1.84. The third-order valence-corrected chi connectivity index (χ3v) is 2.54. The molecular weight excluding hydrogens is 160 g/mol. The molecule has 1 aliphatic heterocycles. The van der Waals surface area contributed by atoms with E-state index in [0.717, 1.165) is 19.6 Å². The van der Waals surface area contributed by atoms with Crippen molar-refractivity contribution < 1.29 is 5.11 Å². The van der Waals surface area contributed by atoms with Crippen molar-refractivity contribution in [3.63, 3.8) is 0 Å². The maximum absolute atomic E-state index is 8.99. The van der Waals surface area contributed by atoms with Gasteiger partial charge in [-0.3, -0.25) is 4.90 Å². The Hall–Kier alpha value is -0.450. The van der Waals surface area contributed by atoms with Crippen LogP contribution in [0.25, 0.3) is 0 Å². The third-order valence-electron chi connectivity index (χ3n) is 1.81. The molecule has 2 rings (SSSR count). The van der Waals surface area contributed by atoms with Gasteiger partial charge in [-0.05, 0) is 17.6 Å². The fraction of sp³-hybridized carbons (Fsp3) is 0.571. The van der Waals surface area contributed by atoms with E-state index in [2.05, 4.69) is 9.27 Å². The Morgan fingerprint density at radius 2 is 2.55 bits per heavy atom. The minimum absolute atomic E-state index is 0.0945. The Labute approximate surface area is 69.4 Å². The molecule has 11 heavy (non-hydrogen) atoms. The third kappa shape index (κ3) is 1.58. The SMILES string of the molecule is OC1CN(Cc2ccns2)C1. The predicted molar refractivity (Wildman–Crippen MR) is 43.4 cm³/mol. The molecule has 1 fully saturated rings. The van der Waals surface area contributed by atoms with Crippen LogP contribution in [0, 0.1) is 0 Å². The summed E-state index contributed by atoms with van der Waals surface area (Å²) in [5.41, 5.74) is 0. The quantitative estimate of drug-likeness (QED) is 0.694. The highest BCUT2D eigenvalue weighted by atomic mass is 32.1. The first kappa shape index (κ1) is 7.21. The van der Waals surface area contributed by atoms with Crippen LogP contribution in [0.2, 0.25) is 0 Å². The van der Waals surface area contributed by atoms with E-state index in [0.29, 0.717) is 0 Å². The van der Waals surface area contributed by atoms with Gasteiger partial charge in [0, 0.05) is 30.7 Å². The average molecular weight is 170 g/mol. The lowest BCUT2D eigenvalue weighted by molar-refractivity contribution is -0.00229. The summed E-state index contributed by atoms with van der Waals surface area (Å²) in [5.74, 6) is 0. The minimum Gasteiger partial charge on any atom is -0.390 e. The number of nitrogens with zero attached hydrogens (tertiary/aromatic N) is 2. The Bertz CT molecular complexity index is 218. The maximum Gasteiger partial charge on any atom is 0.0794 e. The van der Waals surface area contributed by atoms with Crippen molar-refractivity contribution in [3.05, 3.63) is 17.1 Å². The van der Waals surface area contributed by atoms with Crippen molar-refractivity contribution in [2.24, 2.45) is 0 Å². The zero-order valence-electron chi connectivity index (χ0n) is 6.10. The first-order valence-corrected chi connectivity index (χ1v) is 4.42. The number of aliphatic hydroxyl groups excluding tert-OH is 1. The van der Waals surface area contributed by atoms with E-state index >= 15 is 0 Å². The van der Waals surface area contributed by atoms with Crippen LogP contribution >= 0.6 is 11.5 Å². The van der Waals surface area contributed by atoms with E-state index in [-0.39, 0.29) is 6.10 Å². The highest BCUT2D eigenvalue weighted by Gasteiger charge is 2.24. The summed E-state index contributed by atoms with van der Waals surface area (Å²) in [6, 6.07) is 2.02. The topological polar surface area (TPSA) is 36.4 Å². The molecule has 1 aromatic heterocycles. The van der Waals surface area contributed by atoms with Crippen molar-refractivity contribution in [3.8, 4) is 0 Å². The van der Waals surface area contributed by atoms with E-state index < -0.39 is 0 Å². The summed E-state index contributed by atoms with van der Waals surface area (Å²) in [5, 5.41) is 8.99. The number of aromatic nitrogens is 1. The van der Waals surface area contributed by atoms with Gasteiger partial charge < -0.3 is 5.11 Å². The highest BCUT2D eigenvalue weighted by Crippen LogP contribution is 2.14. The van der Waals surface area contributed by atoms with Crippen LogP contribution in [-0.2, 0) is 6.54 Å². The van der Waals surface area contributed by atoms with Crippen molar-refractivity contribution in [1.82, 2.24) is 9.27 Å². The zero-order valence-corrected chi connectivity index (χ0v) is 6.92. The van der Waals surface area contributed by atoms with E-state index in [1.807, 2.05) is 12.3 Å². The van der Waals surface area contributed by atoms with Gasteiger partial charge in [0.25, 0.3) is 0 Å². The van der Waals surface area contributed by atoms with Gasteiger partial charge in [-0.1, -0.05) is 0 Å². The number of hydrogen-bond acceptors (Lipinski definition) is 4. The molecule has 0 amide bonds. The second-order valence-electron chi connectivity index (χ2n) is 2.83. The second kappa shape index (κ2) is 2.89. The molecule has 1 saturated heterocycles. The molecule has 2 heterocycles. The lowest BCUT2D eigenvalue weighted by Gasteiger charge is -2.35. The van der Waals surface area contributed by atoms with Crippen LogP contribution in [0.4, 0.5) is 0 Å². The zero-order chi connectivity index (χ0) is 7.68. The van der Waals surface area contributed by atoms with Crippen LogP contribution in [0.15, 0.2) is 12.3 Å². The predicted octanol–water partition coefficient (Wildman–Crippen LogP) is 0.320. The van der Waals surface area contributed by atoms with Gasteiger partial charge in [-0.15, -0.1) is 0 Å². The molecule has 1 aliphatic rings. The number of aliphatic hydroxyl groups is 1. The minimum atomic E-state index is -0.0945. The van der Waals surface area contributed by atoms with Crippen LogP contribution in [0.1, 0.15) is 4.88 Å². The fourth-order valence-corrected chi connectivity index (χ4v) is 1.83. The fourth-order valence-electron chi connectivity index (χ4n) is 1.22. The molecule has 1 N–H and O–H groups in total. The molecule has 60 valence electrons. The largest absolute Gasteiger partial charge is 0.390 e. The molecule has 0 bridgehead atoms. The molecule has 3 nitrogen and oxygen atoms in total. The summed E-state index contributed by atoms with van der Waals surface area (Å²) in [7, 11) is 0. The molecule has 0 aromatic carbocycles. The summed E-state index contributed by atoms with van der Waals surface area (Å²) in [6.45, 7) is 2.58. The van der Waals surface area contributed by atoms with Crippen molar-refractivity contribution in [2.45, 2.75) is 12.6 Å². The van der Waals surface area contributed by atoms with E-state index in [1.165, 1.54) is 16.4 Å². The Morgan fingerprint density at radius 3 is 3.09 bits per heavy atom. The van der Waals surface area contributed by atoms with Crippen LogP contribution < -0.4 is 0 Å². The first-order chi connectivity index (χ1) is 5.34. The lowest BCUT2D eigenvalue weighted by atomic mass is 10.2. The molecule has 0 atom stereocenters. The normalized spacial score (nSPS) is 20.1. The number of likely N-dealkylation sites (tertiary alicyclic amines) is 1. The van der Waals surface area contributed by atoms with Crippen molar-refractivity contribution in [1.29, 1.82) is 0 Å². The Morgan fingerprint density at radius 1 is 1.73 bits per heavy atom. The van der Waals surface area contributed by atoms with Crippen LogP contribution in [-0.4, -0.2) is 33.6 Å². The van der Waals surface area contributed by atoms with Gasteiger partial charge in [-0.2, -0.15) is 0 Å². The standard InChI is InChI=1S/C7H10N2OS/c10-6-3-9(4-6)5-7-1-2-8-11-7/h1-2,6,10H,3-5H2. The van der Waals surface area contributed by atoms with Crippen LogP contribution in [0.3, 0.4) is 0 Å². The first-order valence-electron chi connectivity index (χ1n) is 3.64. The van der Waals surface area contributed by atoms with Gasteiger partial charge in [0.1, 0.15) is 0 Å². The maximum atomic E-state index is 8.99. The van der Waals surface area contributed by atoms with Gasteiger partial charge >= 0.3 is 0 Å². The molecule has 0 aliphatic carbocycles. The number of hydrogen-bond donors (Lipinski definition) is 1. The summed E-state index contributed by atoms with van der Waals surface area (Å²) in [4.78, 5) is 3.48. The summed E-state index contributed by atoms with van der Waals surface area (Å²) >= 11 is 1.53. The summed E-state index contributed by atoms with van der Waals surface area (Å²) in [6.07, 6.45) is 1.72. The van der Waals surface area contributed by atoms with Crippen molar-refractivity contribution >= 4 is 11.5 Å². The van der Waals surface area contributed by atoms with E-state index in [9.17, 15) is 0 Å². The van der Waals surface area contributed by atoms with Gasteiger partial charge in [0.2, 0.25) is 0 Å². The molecular formula is C7H10N2OS. The average Bonchev–Trinajstić information content (AvgIpc) is 2.36. The second-order valence-corrected chi connectivity index (χ2v) is 3.74. The molecule has 4 heteroatoms. The highest BCUT2D eigenvalue weighted by molar-refractivity contribution is 7.05. The molecule has 0 radical (unpaired) electrons. The molecule has 1 aromatic rings. The van der Waals surface area contributed by atoms with E-state index in [4.69, 9.17) is 5.11 Å².